The van der Waals surface area contributed by atoms with E-state index in [9.17, 15) is 0 Å². The Kier molecular flexibility index (Phi) is 4.11. The molecule has 0 bridgehead atoms. The third-order valence-corrected chi connectivity index (χ3v) is 4.16. The van der Waals surface area contributed by atoms with Gasteiger partial charge in [-0.15, -0.1) is 0 Å². The average molecular weight is 270 g/mol. The van der Waals surface area contributed by atoms with Gasteiger partial charge < -0.3 is 0 Å². The molecule has 106 valence electrons. The van der Waals surface area contributed by atoms with Crippen molar-refractivity contribution in [3.63, 3.8) is 0 Å². The number of rotatable bonds is 4. The van der Waals surface area contributed by atoms with Crippen LogP contribution in [0, 0.1) is 12.8 Å². The Bertz CT molecular complexity index is 534. The van der Waals surface area contributed by atoms with E-state index in [0.717, 1.165) is 18.9 Å². The second-order valence-corrected chi connectivity index (χ2v) is 5.84. The lowest BCUT2D eigenvalue weighted by Crippen LogP contribution is -2.35. The number of hydrogen-bond acceptors (Lipinski definition) is 3. The fourth-order valence-corrected chi connectivity index (χ4v) is 3.08. The number of aromatic nitrogens is 3. The van der Waals surface area contributed by atoms with Crippen LogP contribution in [0.1, 0.15) is 29.7 Å². The Balaban J connectivity index is 1.58. The number of aryl methyl sites for hydroxylation is 1. The summed E-state index contributed by atoms with van der Waals surface area (Å²) in [5, 5.41) is 7.27. The highest BCUT2D eigenvalue weighted by Crippen LogP contribution is 2.22. The van der Waals surface area contributed by atoms with E-state index in [1.807, 2.05) is 24.7 Å². The van der Waals surface area contributed by atoms with Crippen molar-refractivity contribution in [2.24, 2.45) is 5.92 Å². The van der Waals surface area contributed by atoms with E-state index in [1.165, 1.54) is 42.8 Å². The molecule has 2 aromatic rings. The second-order valence-electron chi connectivity index (χ2n) is 5.84. The molecule has 1 saturated heterocycles. The number of H-pyrrole nitrogens is 1. The molecule has 1 unspecified atom stereocenters. The summed E-state index contributed by atoms with van der Waals surface area (Å²) in [6.45, 7) is 5.53. The second kappa shape index (κ2) is 6.18. The fraction of sp³-hybridized carbons (Fsp3) is 0.500. The molecule has 3 rings (SSSR count). The van der Waals surface area contributed by atoms with E-state index in [4.69, 9.17) is 0 Å². The largest absolute Gasteiger partial charge is 0.299 e. The van der Waals surface area contributed by atoms with E-state index < -0.39 is 0 Å². The summed E-state index contributed by atoms with van der Waals surface area (Å²) >= 11 is 0. The summed E-state index contributed by atoms with van der Waals surface area (Å²) in [5.41, 5.74) is 3.90. The Morgan fingerprint density at radius 1 is 1.40 bits per heavy atom. The molecule has 0 aromatic carbocycles. The molecule has 0 aliphatic carbocycles. The number of nitrogens with one attached hydrogen (secondary N) is 1. The maximum atomic E-state index is 4.20. The first kappa shape index (κ1) is 13.3. The van der Waals surface area contributed by atoms with E-state index in [2.05, 4.69) is 33.1 Å². The van der Waals surface area contributed by atoms with E-state index in [-0.39, 0.29) is 0 Å². The zero-order chi connectivity index (χ0) is 13.8. The molecule has 0 amide bonds. The van der Waals surface area contributed by atoms with Crippen molar-refractivity contribution >= 4 is 0 Å². The Morgan fingerprint density at radius 3 is 3.10 bits per heavy atom. The number of aromatic amines is 1. The first-order chi connectivity index (χ1) is 9.81. The van der Waals surface area contributed by atoms with E-state index >= 15 is 0 Å². The summed E-state index contributed by atoms with van der Waals surface area (Å²) in [5.74, 6) is 0.736. The highest BCUT2D eigenvalue weighted by molar-refractivity contribution is 5.14. The smallest absolute Gasteiger partial charge is 0.0519 e. The summed E-state index contributed by atoms with van der Waals surface area (Å²) in [6, 6.07) is 4.18. The molecule has 1 fully saturated rings. The average Bonchev–Trinajstić information content (AvgIpc) is 2.86. The topological polar surface area (TPSA) is 44.8 Å². The quantitative estimate of drug-likeness (QED) is 0.928. The van der Waals surface area contributed by atoms with Crippen molar-refractivity contribution in [3.8, 4) is 0 Å². The highest BCUT2D eigenvalue weighted by atomic mass is 15.1. The van der Waals surface area contributed by atoms with Crippen LogP contribution in [-0.4, -0.2) is 33.2 Å². The molecule has 3 heterocycles. The van der Waals surface area contributed by atoms with Crippen LogP contribution in [0.2, 0.25) is 0 Å². The zero-order valence-corrected chi connectivity index (χ0v) is 12.0. The summed E-state index contributed by atoms with van der Waals surface area (Å²) in [6.07, 6.45) is 9.47. The van der Waals surface area contributed by atoms with Crippen molar-refractivity contribution in [1.29, 1.82) is 0 Å². The predicted molar refractivity (Wildman–Crippen MR) is 79.3 cm³/mol. The zero-order valence-electron chi connectivity index (χ0n) is 12.0. The molecular weight excluding hydrogens is 248 g/mol. The Morgan fingerprint density at radius 2 is 2.35 bits per heavy atom. The first-order valence-corrected chi connectivity index (χ1v) is 7.41. The third kappa shape index (κ3) is 3.25. The van der Waals surface area contributed by atoms with Gasteiger partial charge in [-0.25, -0.2) is 0 Å². The van der Waals surface area contributed by atoms with Gasteiger partial charge in [0.15, 0.2) is 0 Å². The van der Waals surface area contributed by atoms with Gasteiger partial charge in [-0.05, 0) is 55.8 Å². The third-order valence-electron chi connectivity index (χ3n) is 4.16. The number of pyridine rings is 1. The van der Waals surface area contributed by atoms with Crippen LogP contribution in [-0.2, 0) is 13.0 Å². The standard InChI is InChI=1S/C16H22N4/c1-13-9-18-19-16(13)8-14-5-3-7-20(11-14)12-15-4-2-6-17-10-15/h2,4,6,9-10,14H,3,5,7-8,11-12H2,1H3,(H,18,19). The van der Waals surface area contributed by atoms with Gasteiger partial charge in [-0.1, -0.05) is 6.07 Å². The monoisotopic (exact) mass is 270 g/mol. The molecule has 1 atom stereocenters. The van der Waals surface area contributed by atoms with Gasteiger partial charge in [-0.3, -0.25) is 15.0 Å². The van der Waals surface area contributed by atoms with Crippen molar-refractivity contribution < 1.29 is 0 Å². The maximum Gasteiger partial charge on any atom is 0.0519 e. The fourth-order valence-electron chi connectivity index (χ4n) is 3.08. The van der Waals surface area contributed by atoms with Gasteiger partial charge in [0.25, 0.3) is 0 Å². The van der Waals surface area contributed by atoms with E-state index in [1.54, 1.807) is 0 Å². The Labute approximate surface area is 120 Å². The number of piperidine rings is 1. The van der Waals surface area contributed by atoms with Crippen LogP contribution in [0.3, 0.4) is 0 Å². The van der Waals surface area contributed by atoms with Gasteiger partial charge in [-0.2, -0.15) is 5.10 Å². The minimum absolute atomic E-state index is 0.736. The number of likely N-dealkylation sites (tertiary alicyclic amines) is 1. The summed E-state index contributed by atoms with van der Waals surface area (Å²) in [7, 11) is 0. The van der Waals surface area contributed by atoms with Gasteiger partial charge in [0.1, 0.15) is 0 Å². The lowest BCUT2D eigenvalue weighted by molar-refractivity contribution is 0.166. The minimum Gasteiger partial charge on any atom is -0.299 e. The molecule has 20 heavy (non-hydrogen) atoms. The molecule has 0 radical (unpaired) electrons. The van der Waals surface area contributed by atoms with Gasteiger partial charge >= 0.3 is 0 Å². The first-order valence-electron chi connectivity index (χ1n) is 7.41. The molecule has 0 spiro atoms. The number of hydrogen-bond donors (Lipinski definition) is 1. The molecule has 4 heteroatoms. The summed E-state index contributed by atoms with van der Waals surface area (Å²) in [4.78, 5) is 6.75. The van der Waals surface area contributed by atoms with Crippen LogP contribution in [0.5, 0.6) is 0 Å². The van der Waals surface area contributed by atoms with Gasteiger partial charge in [0.2, 0.25) is 0 Å². The van der Waals surface area contributed by atoms with Crippen molar-refractivity contribution in [3.05, 3.63) is 47.5 Å². The SMILES string of the molecule is Cc1cn[nH]c1CC1CCCN(Cc2cccnc2)C1. The minimum atomic E-state index is 0.736. The van der Waals surface area contributed by atoms with Crippen LogP contribution < -0.4 is 0 Å². The molecule has 1 aliphatic rings. The lowest BCUT2D eigenvalue weighted by Gasteiger charge is -2.32. The number of nitrogens with zero attached hydrogens (tertiary/aromatic N) is 3. The van der Waals surface area contributed by atoms with Crippen LogP contribution >= 0.6 is 0 Å². The molecule has 1 aliphatic heterocycles. The normalized spacial score (nSPS) is 20.1. The molecule has 0 saturated carbocycles. The van der Waals surface area contributed by atoms with Crippen LogP contribution in [0.25, 0.3) is 0 Å². The lowest BCUT2D eigenvalue weighted by atomic mass is 9.92. The highest BCUT2D eigenvalue weighted by Gasteiger charge is 2.21. The molecular formula is C16H22N4. The predicted octanol–water partition coefficient (Wildman–Crippen LogP) is 2.57. The molecule has 1 N–H and O–H groups in total. The van der Waals surface area contributed by atoms with Crippen molar-refractivity contribution in [2.75, 3.05) is 13.1 Å². The molecule has 2 aromatic heterocycles. The van der Waals surface area contributed by atoms with Gasteiger partial charge in [0.05, 0.1) is 6.20 Å². The van der Waals surface area contributed by atoms with Gasteiger partial charge in [0, 0.05) is 31.2 Å². The van der Waals surface area contributed by atoms with Crippen molar-refractivity contribution in [2.45, 2.75) is 32.7 Å². The maximum absolute atomic E-state index is 4.20. The van der Waals surface area contributed by atoms with E-state index in [0.29, 0.717) is 0 Å². The Hall–Kier alpha value is -1.68. The summed E-state index contributed by atoms with van der Waals surface area (Å²) < 4.78 is 0. The van der Waals surface area contributed by atoms with Crippen LogP contribution in [0.15, 0.2) is 30.7 Å². The molecule has 4 nitrogen and oxygen atoms in total. The van der Waals surface area contributed by atoms with Crippen LogP contribution in [0.4, 0.5) is 0 Å². The van der Waals surface area contributed by atoms with Crippen molar-refractivity contribution in [1.82, 2.24) is 20.1 Å².